The van der Waals surface area contributed by atoms with Crippen LogP contribution >= 0.6 is 0 Å². The summed E-state index contributed by atoms with van der Waals surface area (Å²) in [6.45, 7) is 5.74. The van der Waals surface area contributed by atoms with Gasteiger partial charge in [-0.15, -0.1) is 0 Å². The first-order valence-electron chi connectivity index (χ1n) is 5.64. The summed E-state index contributed by atoms with van der Waals surface area (Å²) in [5.41, 5.74) is 2.45. The van der Waals surface area contributed by atoms with E-state index in [0.29, 0.717) is 6.42 Å². The van der Waals surface area contributed by atoms with Crippen LogP contribution in [0.1, 0.15) is 37.3 Å². The van der Waals surface area contributed by atoms with Gasteiger partial charge in [-0.05, 0) is 43.5 Å². The Hall–Kier alpha value is -1.51. The fraction of sp³-hybridized carbons (Fsp3) is 0.462. The highest BCUT2D eigenvalue weighted by molar-refractivity contribution is 5.91. The predicted octanol–water partition coefficient (Wildman–Crippen LogP) is 3.14. The maximum Gasteiger partial charge on any atom is 0.224 e. The first-order chi connectivity index (χ1) is 7.54. The van der Waals surface area contributed by atoms with Gasteiger partial charge in [0.1, 0.15) is 5.75 Å². The van der Waals surface area contributed by atoms with E-state index in [-0.39, 0.29) is 11.7 Å². The third-order valence-electron chi connectivity index (χ3n) is 2.57. The molecule has 3 heteroatoms. The van der Waals surface area contributed by atoms with Gasteiger partial charge >= 0.3 is 0 Å². The summed E-state index contributed by atoms with van der Waals surface area (Å²) in [6.07, 6.45) is 2.47. The second-order valence-corrected chi connectivity index (χ2v) is 4.11. The van der Waals surface area contributed by atoms with Gasteiger partial charge in [0.05, 0.1) is 0 Å². The number of carbonyl (C=O) groups excluding carboxylic acids is 1. The molecule has 16 heavy (non-hydrogen) atoms. The van der Waals surface area contributed by atoms with Crippen molar-refractivity contribution >= 4 is 11.6 Å². The number of amides is 1. The Kier molecular flexibility index (Phi) is 4.35. The highest BCUT2D eigenvalue weighted by atomic mass is 16.3. The maximum absolute atomic E-state index is 11.5. The Balaban J connectivity index is 2.73. The number of phenols is 1. The molecule has 0 bridgehead atoms. The lowest BCUT2D eigenvalue weighted by atomic mass is 10.1. The van der Waals surface area contributed by atoms with Crippen LogP contribution in [0.5, 0.6) is 5.75 Å². The number of rotatable bonds is 4. The van der Waals surface area contributed by atoms with Gasteiger partial charge in [-0.25, -0.2) is 0 Å². The summed E-state index contributed by atoms with van der Waals surface area (Å²) in [7, 11) is 0. The molecule has 0 unspecified atom stereocenters. The molecule has 0 saturated heterocycles. The number of aromatic hydroxyl groups is 1. The number of hydrogen-bond donors (Lipinski definition) is 2. The van der Waals surface area contributed by atoms with Crippen molar-refractivity contribution in [1.29, 1.82) is 0 Å². The van der Waals surface area contributed by atoms with E-state index < -0.39 is 0 Å². The van der Waals surface area contributed by atoms with Crippen molar-refractivity contribution in [2.75, 3.05) is 5.32 Å². The van der Waals surface area contributed by atoms with Crippen LogP contribution in [-0.4, -0.2) is 11.0 Å². The summed E-state index contributed by atoms with van der Waals surface area (Å²) in [4.78, 5) is 11.5. The minimum absolute atomic E-state index is 0.0371. The molecule has 0 saturated carbocycles. The molecule has 0 aromatic heterocycles. The molecule has 1 rings (SSSR count). The molecule has 0 spiro atoms. The number of anilines is 1. The van der Waals surface area contributed by atoms with Crippen molar-refractivity contribution in [3.05, 3.63) is 23.3 Å². The zero-order valence-corrected chi connectivity index (χ0v) is 10.1. The molecule has 0 atom stereocenters. The number of hydrogen-bond acceptors (Lipinski definition) is 2. The monoisotopic (exact) mass is 221 g/mol. The van der Waals surface area contributed by atoms with Crippen molar-refractivity contribution in [3.63, 3.8) is 0 Å². The lowest BCUT2D eigenvalue weighted by Gasteiger charge is -2.10. The standard InChI is InChI=1S/C13H19NO2/c1-4-5-6-13(16)14-11-7-10(3)12(15)8-9(11)2/h7-8,15H,4-6H2,1-3H3,(H,14,16). The van der Waals surface area contributed by atoms with E-state index in [9.17, 15) is 9.90 Å². The lowest BCUT2D eigenvalue weighted by molar-refractivity contribution is -0.116. The van der Waals surface area contributed by atoms with Crippen LogP contribution in [0.4, 0.5) is 5.69 Å². The number of benzene rings is 1. The van der Waals surface area contributed by atoms with Gasteiger partial charge in [-0.1, -0.05) is 13.3 Å². The summed E-state index contributed by atoms with van der Waals surface area (Å²) < 4.78 is 0. The fourth-order valence-corrected chi connectivity index (χ4v) is 1.49. The molecule has 2 N–H and O–H groups in total. The smallest absolute Gasteiger partial charge is 0.224 e. The van der Waals surface area contributed by atoms with Crippen molar-refractivity contribution < 1.29 is 9.90 Å². The van der Waals surface area contributed by atoms with Gasteiger partial charge in [0.2, 0.25) is 5.91 Å². The minimum Gasteiger partial charge on any atom is -0.508 e. The molecule has 0 aliphatic carbocycles. The molecule has 0 radical (unpaired) electrons. The first kappa shape index (κ1) is 12.6. The lowest BCUT2D eigenvalue weighted by Crippen LogP contribution is -2.12. The maximum atomic E-state index is 11.5. The van der Waals surface area contributed by atoms with Crippen molar-refractivity contribution in [2.24, 2.45) is 0 Å². The summed E-state index contributed by atoms with van der Waals surface area (Å²) in [5, 5.41) is 12.4. The first-order valence-corrected chi connectivity index (χ1v) is 5.64. The Morgan fingerprint density at radius 3 is 2.62 bits per heavy atom. The molecule has 3 nitrogen and oxygen atoms in total. The average Bonchev–Trinajstić information content (AvgIpc) is 2.23. The van der Waals surface area contributed by atoms with Crippen molar-refractivity contribution in [2.45, 2.75) is 40.0 Å². The van der Waals surface area contributed by atoms with Gasteiger partial charge in [0.25, 0.3) is 0 Å². The molecule has 0 aliphatic heterocycles. The zero-order valence-electron chi connectivity index (χ0n) is 10.1. The van der Waals surface area contributed by atoms with E-state index in [1.165, 1.54) is 0 Å². The quantitative estimate of drug-likeness (QED) is 0.767. The summed E-state index contributed by atoms with van der Waals surface area (Å²) in [6, 6.07) is 3.47. The van der Waals surface area contributed by atoms with Gasteiger partial charge in [0, 0.05) is 12.1 Å². The largest absolute Gasteiger partial charge is 0.508 e. The minimum atomic E-state index is 0.0371. The van der Waals surface area contributed by atoms with E-state index in [1.807, 2.05) is 13.8 Å². The van der Waals surface area contributed by atoms with Crippen molar-refractivity contribution in [3.8, 4) is 5.75 Å². The van der Waals surface area contributed by atoms with E-state index in [0.717, 1.165) is 29.7 Å². The third kappa shape index (κ3) is 3.26. The van der Waals surface area contributed by atoms with E-state index in [4.69, 9.17) is 0 Å². The van der Waals surface area contributed by atoms with Crippen LogP contribution in [0, 0.1) is 13.8 Å². The number of nitrogens with one attached hydrogen (secondary N) is 1. The molecule has 1 aromatic carbocycles. The normalized spacial score (nSPS) is 10.2. The Morgan fingerprint density at radius 1 is 1.31 bits per heavy atom. The molecular weight excluding hydrogens is 202 g/mol. The zero-order chi connectivity index (χ0) is 12.1. The van der Waals surface area contributed by atoms with Gasteiger partial charge in [-0.3, -0.25) is 4.79 Å². The van der Waals surface area contributed by atoms with Crippen LogP contribution in [0.3, 0.4) is 0 Å². The molecule has 0 fully saturated rings. The van der Waals surface area contributed by atoms with Crippen molar-refractivity contribution in [1.82, 2.24) is 0 Å². The van der Waals surface area contributed by atoms with E-state index in [1.54, 1.807) is 12.1 Å². The Bertz CT molecular complexity index is 386. The second kappa shape index (κ2) is 5.54. The molecule has 1 amide bonds. The van der Waals surface area contributed by atoms with Crippen LogP contribution in [0.15, 0.2) is 12.1 Å². The summed E-state index contributed by atoms with van der Waals surface area (Å²) >= 11 is 0. The van der Waals surface area contributed by atoms with E-state index in [2.05, 4.69) is 12.2 Å². The van der Waals surface area contributed by atoms with Crippen LogP contribution in [0.25, 0.3) is 0 Å². The van der Waals surface area contributed by atoms with Crippen LogP contribution in [0.2, 0.25) is 0 Å². The Labute approximate surface area is 96.5 Å². The van der Waals surface area contributed by atoms with Gasteiger partial charge in [-0.2, -0.15) is 0 Å². The average molecular weight is 221 g/mol. The van der Waals surface area contributed by atoms with Crippen LogP contribution in [-0.2, 0) is 4.79 Å². The number of carbonyl (C=O) groups is 1. The molecular formula is C13H19NO2. The number of unbranched alkanes of at least 4 members (excludes halogenated alkanes) is 1. The van der Waals surface area contributed by atoms with Gasteiger partial charge in [0.15, 0.2) is 0 Å². The van der Waals surface area contributed by atoms with E-state index >= 15 is 0 Å². The SMILES string of the molecule is CCCCC(=O)Nc1cc(C)c(O)cc1C. The fourth-order valence-electron chi connectivity index (χ4n) is 1.49. The predicted molar refractivity (Wildman–Crippen MR) is 65.7 cm³/mol. The second-order valence-electron chi connectivity index (χ2n) is 4.11. The molecule has 0 heterocycles. The topological polar surface area (TPSA) is 49.3 Å². The molecule has 1 aromatic rings. The Morgan fingerprint density at radius 2 is 2.00 bits per heavy atom. The van der Waals surface area contributed by atoms with Gasteiger partial charge < -0.3 is 10.4 Å². The van der Waals surface area contributed by atoms with Crippen LogP contribution < -0.4 is 5.32 Å². The third-order valence-corrected chi connectivity index (χ3v) is 2.57. The molecule has 0 aliphatic rings. The highest BCUT2D eigenvalue weighted by Crippen LogP contribution is 2.25. The number of phenolic OH excluding ortho intramolecular Hbond substituents is 1. The summed E-state index contributed by atoms with van der Waals surface area (Å²) in [5.74, 6) is 0.305. The highest BCUT2D eigenvalue weighted by Gasteiger charge is 2.06. The number of aryl methyl sites for hydroxylation is 2. The molecule has 88 valence electrons.